The van der Waals surface area contributed by atoms with Crippen molar-refractivity contribution in [2.24, 2.45) is 0 Å². The molecule has 0 heterocycles. The van der Waals surface area contributed by atoms with Crippen molar-refractivity contribution < 1.29 is 5.11 Å². The molecule has 0 bridgehead atoms. The third-order valence-electron chi connectivity index (χ3n) is 4.85. The number of hydrogen-bond acceptors (Lipinski definition) is 2. The second-order valence-electron chi connectivity index (χ2n) is 7.28. The van der Waals surface area contributed by atoms with Crippen LogP contribution >= 0.6 is 11.6 Å². The van der Waals surface area contributed by atoms with Crippen molar-refractivity contribution in [3.05, 3.63) is 94.0 Å². The second kappa shape index (κ2) is 8.71. The van der Waals surface area contributed by atoms with Gasteiger partial charge in [0, 0.05) is 18.1 Å². The Kier molecular flexibility index (Phi) is 6.33. The Bertz CT molecular complexity index is 887. The first-order valence-electron chi connectivity index (χ1n) is 9.21. The predicted octanol–water partition coefficient (Wildman–Crippen LogP) is 5.79. The van der Waals surface area contributed by atoms with Crippen LogP contribution in [0.25, 0.3) is 11.1 Å². The molecule has 27 heavy (non-hydrogen) atoms. The smallest absolute Gasteiger partial charge is 0.0916 e. The minimum Gasteiger partial charge on any atom is -0.387 e. The summed E-state index contributed by atoms with van der Waals surface area (Å²) in [5, 5.41) is 11.1. The van der Waals surface area contributed by atoms with Crippen LogP contribution in [0.1, 0.15) is 28.4 Å². The van der Waals surface area contributed by atoms with E-state index in [-0.39, 0.29) is 0 Å². The lowest BCUT2D eigenvalue weighted by Crippen LogP contribution is -2.24. The molecular weight excluding hydrogens is 354 g/mol. The van der Waals surface area contributed by atoms with Crippen molar-refractivity contribution in [2.45, 2.75) is 26.5 Å². The molecule has 1 N–H and O–H groups in total. The van der Waals surface area contributed by atoms with Gasteiger partial charge in [0.05, 0.1) is 6.10 Å². The van der Waals surface area contributed by atoms with Crippen molar-refractivity contribution in [1.82, 2.24) is 4.90 Å². The first-order chi connectivity index (χ1) is 12.9. The molecule has 0 aliphatic rings. The monoisotopic (exact) mass is 379 g/mol. The molecule has 1 atom stereocenters. The summed E-state index contributed by atoms with van der Waals surface area (Å²) in [6.07, 6.45) is -0.526. The minimum atomic E-state index is -0.526. The van der Waals surface area contributed by atoms with E-state index in [1.165, 1.54) is 27.8 Å². The molecule has 3 aromatic carbocycles. The normalized spacial score (nSPS) is 12.4. The Labute approximate surface area is 167 Å². The number of likely N-dealkylation sites (N-methyl/N-ethyl adjacent to an activating group) is 1. The van der Waals surface area contributed by atoms with Crippen molar-refractivity contribution in [3.8, 4) is 11.1 Å². The number of halogens is 1. The predicted molar refractivity (Wildman–Crippen MR) is 114 cm³/mol. The minimum absolute atomic E-state index is 0.526. The average molecular weight is 380 g/mol. The highest BCUT2D eigenvalue weighted by Gasteiger charge is 2.11. The number of aliphatic hydroxyl groups is 1. The van der Waals surface area contributed by atoms with Crippen molar-refractivity contribution in [1.29, 1.82) is 0 Å². The van der Waals surface area contributed by atoms with E-state index in [1.807, 2.05) is 31.3 Å². The molecule has 1 unspecified atom stereocenters. The van der Waals surface area contributed by atoms with Crippen LogP contribution in [0, 0.1) is 13.8 Å². The highest BCUT2D eigenvalue weighted by molar-refractivity contribution is 6.30. The van der Waals surface area contributed by atoms with Crippen molar-refractivity contribution in [3.63, 3.8) is 0 Å². The van der Waals surface area contributed by atoms with Crippen LogP contribution in [-0.4, -0.2) is 23.6 Å². The Morgan fingerprint density at radius 2 is 1.59 bits per heavy atom. The van der Waals surface area contributed by atoms with Gasteiger partial charge < -0.3 is 5.11 Å². The molecule has 3 aromatic rings. The van der Waals surface area contributed by atoms with Gasteiger partial charge in [-0.05, 0) is 60.8 Å². The van der Waals surface area contributed by atoms with Crippen LogP contribution in [0.5, 0.6) is 0 Å². The molecule has 0 aliphatic heterocycles. The summed E-state index contributed by atoms with van der Waals surface area (Å²) in [4.78, 5) is 2.13. The fraction of sp³-hybridized carbons (Fsp3) is 0.250. The molecular formula is C24H26ClNO. The third kappa shape index (κ3) is 5.20. The van der Waals surface area contributed by atoms with Gasteiger partial charge in [0.1, 0.15) is 0 Å². The lowest BCUT2D eigenvalue weighted by atomic mass is 9.97. The van der Waals surface area contributed by atoms with Gasteiger partial charge in [-0.1, -0.05) is 71.8 Å². The number of benzene rings is 3. The quantitative estimate of drug-likeness (QED) is 0.586. The Morgan fingerprint density at radius 3 is 2.26 bits per heavy atom. The van der Waals surface area contributed by atoms with E-state index < -0.39 is 6.10 Å². The topological polar surface area (TPSA) is 23.5 Å². The molecule has 0 spiro atoms. The van der Waals surface area contributed by atoms with E-state index in [2.05, 4.69) is 61.2 Å². The molecule has 0 saturated heterocycles. The van der Waals surface area contributed by atoms with Gasteiger partial charge in [-0.15, -0.1) is 0 Å². The van der Waals surface area contributed by atoms with Gasteiger partial charge in [-0.2, -0.15) is 0 Å². The third-order valence-corrected chi connectivity index (χ3v) is 5.10. The molecule has 0 saturated carbocycles. The lowest BCUT2D eigenvalue weighted by molar-refractivity contribution is 0.124. The van der Waals surface area contributed by atoms with Crippen LogP contribution in [0.2, 0.25) is 5.02 Å². The van der Waals surface area contributed by atoms with Crippen LogP contribution in [0.4, 0.5) is 0 Å². The van der Waals surface area contributed by atoms with Crippen molar-refractivity contribution >= 4 is 11.6 Å². The Hall–Kier alpha value is -2.13. The summed E-state index contributed by atoms with van der Waals surface area (Å²) < 4.78 is 0. The average Bonchev–Trinajstić information content (AvgIpc) is 2.65. The molecule has 3 heteroatoms. The Morgan fingerprint density at radius 1 is 0.926 bits per heavy atom. The second-order valence-corrected chi connectivity index (χ2v) is 7.72. The van der Waals surface area contributed by atoms with Crippen molar-refractivity contribution in [2.75, 3.05) is 13.6 Å². The summed E-state index contributed by atoms with van der Waals surface area (Å²) >= 11 is 5.91. The highest BCUT2D eigenvalue weighted by Crippen LogP contribution is 2.25. The van der Waals surface area contributed by atoms with E-state index >= 15 is 0 Å². The molecule has 140 valence electrons. The molecule has 0 radical (unpaired) electrons. The largest absolute Gasteiger partial charge is 0.387 e. The highest BCUT2D eigenvalue weighted by atomic mass is 35.5. The van der Waals surface area contributed by atoms with Gasteiger partial charge in [0.2, 0.25) is 0 Å². The van der Waals surface area contributed by atoms with Gasteiger partial charge in [0.15, 0.2) is 0 Å². The molecule has 2 nitrogen and oxygen atoms in total. The fourth-order valence-electron chi connectivity index (χ4n) is 3.30. The van der Waals surface area contributed by atoms with E-state index in [9.17, 15) is 5.11 Å². The lowest BCUT2D eigenvalue weighted by Gasteiger charge is -2.21. The van der Waals surface area contributed by atoms with Crippen LogP contribution in [-0.2, 0) is 6.54 Å². The summed E-state index contributed by atoms with van der Waals surface area (Å²) in [7, 11) is 2.03. The summed E-state index contributed by atoms with van der Waals surface area (Å²) in [5.74, 6) is 0. The summed E-state index contributed by atoms with van der Waals surface area (Å²) in [5.41, 5.74) is 7.20. The zero-order valence-electron chi connectivity index (χ0n) is 16.1. The molecule has 0 amide bonds. The van der Waals surface area contributed by atoms with Gasteiger partial charge >= 0.3 is 0 Å². The first-order valence-corrected chi connectivity index (χ1v) is 9.59. The van der Waals surface area contributed by atoms with Gasteiger partial charge in [-0.3, -0.25) is 4.90 Å². The van der Waals surface area contributed by atoms with E-state index in [4.69, 9.17) is 11.6 Å². The molecule has 3 rings (SSSR count). The van der Waals surface area contributed by atoms with Crippen LogP contribution < -0.4 is 0 Å². The number of nitrogens with zero attached hydrogens (tertiary/aromatic N) is 1. The maximum Gasteiger partial charge on any atom is 0.0916 e. The van der Waals surface area contributed by atoms with E-state index in [1.54, 1.807) is 0 Å². The standard InChI is InChI=1S/C24H26ClNO/c1-17-4-5-18(2)23(14-17)20-8-6-19(7-9-20)15-26(3)16-24(27)21-10-12-22(25)13-11-21/h4-14,24,27H,15-16H2,1-3H3. The molecule has 0 aromatic heterocycles. The SMILES string of the molecule is Cc1ccc(C)c(-c2ccc(CN(C)CC(O)c3ccc(Cl)cc3)cc2)c1. The number of hydrogen-bond donors (Lipinski definition) is 1. The van der Waals surface area contributed by atoms with Gasteiger partial charge in [0.25, 0.3) is 0 Å². The van der Waals surface area contributed by atoms with E-state index in [0.29, 0.717) is 11.6 Å². The number of rotatable bonds is 6. The number of aryl methyl sites for hydroxylation is 2. The van der Waals surface area contributed by atoms with Crippen LogP contribution in [0.15, 0.2) is 66.7 Å². The fourth-order valence-corrected chi connectivity index (χ4v) is 3.42. The molecule has 0 fully saturated rings. The maximum atomic E-state index is 10.4. The zero-order chi connectivity index (χ0) is 19.4. The number of aliphatic hydroxyl groups excluding tert-OH is 1. The van der Waals surface area contributed by atoms with E-state index in [0.717, 1.165) is 12.1 Å². The van der Waals surface area contributed by atoms with Gasteiger partial charge in [-0.25, -0.2) is 0 Å². The zero-order valence-corrected chi connectivity index (χ0v) is 16.9. The summed E-state index contributed by atoms with van der Waals surface area (Å²) in [6, 6.07) is 22.6. The summed E-state index contributed by atoms with van der Waals surface area (Å²) in [6.45, 7) is 5.63. The molecule has 0 aliphatic carbocycles. The first kappa shape index (κ1) is 19.6. The Balaban J connectivity index is 1.63. The van der Waals surface area contributed by atoms with Crippen LogP contribution in [0.3, 0.4) is 0 Å². The maximum absolute atomic E-state index is 10.4.